The SMILES string of the molecule is CC1(COc2cccc3c2CNC3)CSC1. The molecule has 0 atom stereocenters. The Morgan fingerprint density at radius 3 is 3.00 bits per heavy atom. The predicted octanol–water partition coefficient (Wildman–Crippen LogP) is 2.42. The highest BCUT2D eigenvalue weighted by molar-refractivity contribution is 8.00. The van der Waals surface area contributed by atoms with Crippen LogP contribution < -0.4 is 10.1 Å². The number of hydrogen-bond donors (Lipinski definition) is 1. The van der Waals surface area contributed by atoms with Crippen molar-refractivity contribution >= 4 is 11.8 Å². The fraction of sp³-hybridized carbons (Fsp3) is 0.538. The van der Waals surface area contributed by atoms with Gasteiger partial charge in [0.05, 0.1) is 6.61 Å². The van der Waals surface area contributed by atoms with Crippen LogP contribution in [0.1, 0.15) is 18.1 Å². The first-order valence-corrected chi connectivity index (χ1v) is 6.94. The number of fused-ring (bicyclic) bond motifs is 1. The lowest BCUT2D eigenvalue weighted by Gasteiger charge is -2.37. The maximum absolute atomic E-state index is 6.00. The Bertz CT molecular complexity index is 401. The van der Waals surface area contributed by atoms with Crippen LogP contribution in [0.4, 0.5) is 0 Å². The summed E-state index contributed by atoms with van der Waals surface area (Å²) in [6.07, 6.45) is 0. The average Bonchev–Trinajstić information content (AvgIpc) is 2.72. The van der Waals surface area contributed by atoms with Crippen molar-refractivity contribution in [2.45, 2.75) is 20.0 Å². The quantitative estimate of drug-likeness (QED) is 0.869. The number of ether oxygens (including phenoxy) is 1. The Morgan fingerprint density at radius 1 is 1.38 bits per heavy atom. The lowest BCUT2D eigenvalue weighted by molar-refractivity contribution is 0.195. The summed E-state index contributed by atoms with van der Waals surface area (Å²) in [7, 11) is 0. The summed E-state index contributed by atoms with van der Waals surface area (Å²) in [5.41, 5.74) is 3.16. The van der Waals surface area contributed by atoms with Gasteiger partial charge in [-0.3, -0.25) is 0 Å². The summed E-state index contributed by atoms with van der Waals surface area (Å²) >= 11 is 2.01. The molecule has 1 aromatic carbocycles. The van der Waals surface area contributed by atoms with Crippen molar-refractivity contribution in [2.24, 2.45) is 5.41 Å². The van der Waals surface area contributed by atoms with Crippen LogP contribution in [0.5, 0.6) is 5.75 Å². The molecule has 2 nitrogen and oxygen atoms in total. The van der Waals surface area contributed by atoms with Crippen molar-refractivity contribution in [3.8, 4) is 5.75 Å². The zero-order valence-electron chi connectivity index (χ0n) is 9.58. The van der Waals surface area contributed by atoms with Gasteiger partial charge in [0.2, 0.25) is 0 Å². The van der Waals surface area contributed by atoms with Gasteiger partial charge in [-0.05, 0) is 11.6 Å². The van der Waals surface area contributed by atoms with E-state index in [1.165, 1.54) is 22.6 Å². The topological polar surface area (TPSA) is 21.3 Å². The van der Waals surface area contributed by atoms with Gasteiger partial charge in [-0.15, -0.1) is 0 Å². The fourth-order valence-corrected chi connectivity index (χ4v) is 3.29. The Balaban J connectivity index is 1.72. The largest absolute Gasteiger partial charge is 0.493 e. The third-order valence-corrected chi connectivity index (χ3v) is 5.13. The molecule has 0 amide bonds. The molecule has 86 valence electrons. The van der Waals surface area contributed by atoms with E-state index >= 15 is 0 Å². The fourth-order valence-electron chi connectivity index (χ4n) is 2.22. The zero-order valence-corrected chi connectivity index (χ0v) is 10.4. The molecule has 0 unspecified atom stereocenters. The minimum Gasteiger partial charge on any atom is -0.493 e. The Labute approximate surface area is 101 Å². The third-order valence-electron chi connectivity index (χ3n) is 3.32. The molecule has 1 fully saturated rings. The molecule has 3 rings (SSSR count). The first-order chi connectivity index (χ1) is 7.77. The zero-order chi connectivity index (χ0) is 11.0. The van der Waals surface area contributed by atoms with Crippen molar-refractivity contribution < 1.29 is 4.74 Å². The summed E-state index contributed by atoms with van der Waals surface area (Å²) in [6.45, 7) is 5.11. The van der Waals surface area contributed by atoms with Gasteiger partial charge < -0.3 is 10.1 Å². The molecule has 0 bridgehead atoms. The van der Waals surface area contributed by atoms with Gasteiger partial charge in [-0.2, -0.15) is 11.8 Å². The summed E-state index contributed by atoms with van der Waals surface area (Å²) in [6, 6.07) is 6.38. The minimum absolute atomic E-state index is 0.402. The van der Waals surface area contributed by atoms with Crippen LogP contribution in [0.3, 0.4) is 0 Å². The second kappa shape index (κ2) is 3.97. The standard InChI is InChI=1S/C13H17NOS/c1-13(8-16-9-13)7-15-12-4-2-3-10-5-14-6-11(10)12/h2-4,14H,5-9H2,1H3. The van der Waals surface area contributed by atoms with Gasteiger partial charge in [0, 0.05) is 35.6 Å². The van der Waals surface area contributed by atoms with Crippen molar-refractivity contribution in [3.05, 3.63) is 29.3 Å². The summed E-state index contributed by atoms with van der Waals surface area (Å²) in [5.74, 6) is 3.56. The molecule has 0 spiro atoms. The Kier molecular flexibility index (Phi) is 2.60. The van der Waals surface area contributed by atoms with Crippen molar-refractivity contribution in [2.75, 3.05) is 18.1 Å². The summed E-state index contributed by atoms with van der Waals surface area (Å²) < 4.78 is 6.00. The van der Waals surface area contributed by atoms with Gasteiger partial charge in [0.1, 0.15) is 5.75 Å². The van der Waals surface area contributed by atoms with Gasteiger partial charge in [0.15, 0.2) is 0 Å². The minimum atomic E-state index is 0.402. The van der Waals surface area contributed by atoms with Crippen LogP contribution >= 0.6 is 11.8 Å². The number of benzene rings is 1. The van der Waals surface area contributed by atoms with E-state index < -0.39 is 0 Å². The Hall–Kier alpha value is -0.670. The molecule has 0 aliphatic carbocycles. The van der Waals surface area contributed by atoms with E-state index in [2.05, 4.69) is 30.4 Å². The van der Waals surface area contributed by atoms with Crippen LogP contribution in [0.25, 0.3) is 0 Å². The maximum atomic E-state index is 6.00. The van der Waals surface area contributed by atoms with E-state index in [0.717, 1.165) is 25.4 Å². The molecule has 2 aliphatic rings. The summed E-state index contributed by atoms with van der Waals surface area (Å²) in [5, 5.41) is 3.37. The van der Waals surface area contributed by atoms with Gasteiger partial charge in [-0.25, -0.2) is 0 Å². The second-order valence-electron chi connectivity index (χ2n) is 5.09. The average molecular weight is 235 g/mol. The Morgan fingerprint density at radius 2 is 2.25 bits per heavy atom. The molecular formula is C13H17NOS. The highest BCUT2D eigenvalue weighted by atomic mass is 32.2. The van der Waals surface area contributed by atoms with Gasteiger partial charge >= 0.3 is 0 Å². The monoisotopic (exact) mass is 235 g/mol. The summed E-state index contributed by atoms with van der Waals surface area (Å²) in [4.78, 5) is 0. The number of nitrogens with one attached hydrogen (secondary N) is 1. The van der Waals surface area contributed by atoms with Crippen LogP contribution in [0.2, 0.25) is 0 Å². The highest BCUT2D eigenvalue weighted by Gasteiger charge is 2.33. The van der Waals surface area contributed by atoms with E-state index in [-0.39, 0.29) is 0 Å². The molecule has 2 heterocycles. The first kappa shape index (κ1) is 10.5. The number of rotatable bonds is 3. The molecule has 0 radical (unpaired) electrons. The van der Waals surface area contributed by atoms with Crippen molar-refractivity contribution in [1.29, 1.82) is 0 Å². The predicted molar refractivity (Wildman–Crippen MR) is 67.9 cm³/mol. The van der Waals surface area contributed by atoms with Crippen LogP contribution in [-0.2, 0) is 13.1 Å². The molecular weight excluding hydrogens is 218 g/mol. The molecule has 3 heteroatoms. The van der Waals surface area contributed by atoms with Crippen LogP contribution in [0, 0.1) is 5.41 Å². The molecule has 1 N–H and O–H groups in total. The molecule has 1 aromatic rings. The highest BCUT2D eigenvalue weighted by Crippen LogP contribution is 2.38. The van der Waals surface area contributed by atoms with E-state index in [1.807, 2.05) is 11.8 Å². The van der Waals surface area contributed by atoms with Crippen molar-refractivity contribution in [3.63, 3.8) is 0 Å². The van der Waals surface area contributed by atoms with Gasteiger partial charge in [0.25, 0.3) is 0 Å². The number of thioether (sulfide) groups is 1. The normalized spacial score (nSPS) is 21.3. The van der Waals surface area contributed by atoms with E-state index in [1.54, 1.807) is 0 Å². The maximum Gasteiger partial charge on any atom is 0.124 e. The second-order valence-corrected chi connectivity index (χ2v) is 6.08. The van der Waals surface area contributed by atoms with Crippen molar-refractivity contribution in [1.82, 2.24) is 5.32 Å². The van der Waals surface area contributed by atoms with Crippen LogP contribution in [-0.4, -0.2) is 18.1 Å². The molecule has 0 saturated carbocycles. The molecule has 1 saturated heterocycles. The van der Waals surface area contributed by atoms with E-state index in [4.69, 9.17) is 4.74 Å². The first-order valence-electron chi connectivity index (χ1n) is 5.79. The molecule has 2 aliphatic heterocycles. The molecule has 16 heavy (non-hydrogen) atoms. The molecule has 0 aromatic heterocycles. The van der Waals surface area contributed by atoms with E-state index in [0.29, 0.717) is 5.41 Å². The number of hydrogen-bond acceptors (Lipinski definition) is 3. The van der Waals surface area contributed by atoms with E-state index in [9.17, 15) is 0 Å². The lowest BCUT2D eigenvalue weighted by atomic mass is 9.96. The van der Waals surface area contributed by atoms with Gasteiger partial charge in [-0.1, -0.05) is 19.1 Å². The lowest BCUT2D eigenvalue weighted by Crippen LogP contribution is -2.38. The smallest absolute Gasteiger partial charge is 0.124 e. The third kappa shape index (κ3) is 1.82. The van der Waals surface area contributed by atoms with Crippen LogP contribution in [0.15, 0.2) is 18.2 Å².